The summed E-state index contributed by atoms with van der Waals surface area (Å²) in [6.45, 7) is 0.573. The summed E-state index contributed by atoms with van der Waals surface area (Å²) in [7, 11) is 0. The van der Waals surface area contributed by atoms with E-state index in [1.165, 1.54) is 0 Å². The molecule has 0 aromatic carbocycles. The van der Waals surface area contributed by atoms with Crippen molar-refractivity contribution < 1.29 is 4.36 Å². The molecule has 0 saturated carbocycles. The van der Waals surface area contributed by atoms with Gasteiger partial charge in [-0.05, 0) is 6.07 Å². The van der Waals surface area contributed by atoms with E-state index in [9.17, 15) is 0 Å². The zero-order chi connectivity index (χ0) is 6.10. The molecular formula is C6H6N3+. The molecule has 0 spiro atoms. The zero-order valence-corrected chi connectivity index (χ0v) is 4.86. The summed E-state index contributed by atoms with van der Waals surface area (Å²) in [6.07, 6.45) is 1.89. The monoisotopic (exact) mass is 120 g/mol. The van der Waals surface area contributed by atoms with E-state index in [0.717, 1.165) is 5.49 Å². The molecule has 2 heterocycles. The van der Waals surface area contributed by atoms with Crippen molar-refractivity contribution in [2.45, 2.75) is 0 Å². The van der Waals surface area contributed by atoms with Crippen molar-refractivity contribution in [1.82, 2.24) is 0 Å². The Morgan fingerprint density at radius 1 is 1.44 bits per heavy atom. The van der Waals surface area contributed by atoms with Gasteiger partial charge in [0.25, 0.3) is 6.67 Å². The van der Waals surface area contributed by atoms with Crippen LogP contribution in [0.5, 0.6) is 0 Å². The average Bonchev–Trinajstić information content (AvgIpc) is 2.33. The van der Waals surface area contributed by atoms with E-state index >= 15 is 0 Å². The largest absolute Gasteiger partial charge is 0.344 e. The van der Waals surface area contributed by atoms with Gasteiger partial charge in [-0.3, -0.25) is 0 Å². The molecule has 1 aromatic rings. The van der Waals surface area contributed by atoms with Gasteiger partial charge in [0.05, 0.1) is 0 Å². The molecule has 1 aromatic heterocycles. The number of fused-ring (bicyclic) bond motifs is 1. The summed E-state index contributed by atoms with van der Waals surface area (Å²) in [6, 6.07) is 5.83. The van der Waals surface area contributed by atoms with Crippen LogP contribution in [0.1, 0.15) is 0 Å². The van der Waals surface area contributed by atoms with E-state index in [4.69, 9.17) is 0 Å². The van der Waals surface area contributed by atoms with Crippen molar-refractivity contribution in [2.24, 2.45) is 10.1 Å². The summed E-state index contributed by atoms with van der Waals surface area (Å²) in [5, 5.41) is 4.05. The maximum absolute atomic E-state index is 4.10. The van der Waals surface area contributed by atoms with Gasteiger partial charge in [-0.15, -0.1) is 4.36 Å². The molecule has 3 heteroatoms. The first kappa shape index (κ1) is 4.61. The highest BCUT2D eigenvalue weighted by atomic mass is 15.3. The van der Waals surface area contributed by atoms with Crippen molar-refractivity contribution in [1.29, 1.82) is 0 Å². The van der Waals surface area contributed by atoms with Gasteiger partial charge in [0.15, 0.2) is 0 Å². The van der Waals surface area contributed by atoms with E-state index in [2.05, 4.69) is 10.1 Å². The molecule has 0 radical (unpaired) electrons. The summed E-state index contributed by atoms with van der Waals surface area (Å²) in [4.78, 5) is 4.10. The van der Waals surface area contributed by atoms with E-state index in [1.54, 1.807) is 4.36 Å². The molecule has 0 bridgehead atoms. The van der Waals surface area contributed by atoms with Gasteiger partial charge in [0, 0.05) is 6.07 Å². The van der Waals surface area contributed by atoms with Crippen molar-refractivity contribution >= 4 is 0 Å². The van der Waals surface area contributed by atoms with Crippen LogP contribution in [0.15, 0.2) is 34.5 Å². The minimum absolute atomic E-state index is 0.573. The van der Waals surface area contributed by atoms with Crippen LogP contribution in [-0.4, -0.2) is 6.67 Å². The summed E-state index contributed by atoms with van der Waals surface area (Å²) in [5.41, 5.74) is 0.942. The Hall–Kier alpha value is -1.25. The molecule has 9 heavy (non-hydrogen) atoms. The first-order chi connectivity index (χ1) is 4.47. The molecular weight excluding hydrogens is 114 g/mol. The lowest BCUT2D eigenvalue weighted by Gasteiger charge is -1.70. The molecule has 1 aliphatic rings. The van der Waals surface area contributed by atoms with Crippen LogP contribution in [0.4, 0.5) is 0 Å². The SMILES string of the molecule is c1cc[n+]2c(c1)=NCN=2. The van der Waals surface area contributed by atoms with E-state index in [1.807, 2.05) is 24.4 Å². The predicted octanol–water partition coefficient (Wildman–Crippen LogP) is -0.404. The molecule has 0 saturated heterocycles. The number of hydrogen-bond acceptors (Lipinski definition) is 2. The van der Waals surface area contributed by atoms with Crippen LogP contribution < -0.4 is 9.85 Å². The van der Waals surface area contributed by atoms with Gasteiger partial charge in [-0.2, -0.15) is 0 Å². The lowest BCUT2D eigenvalue weighted by molar-refractivity contribution is -0.558. The van der Waals surface area contributed by atoms with Gasteiger partial charge in [-0.25, -0.2) is 0 Å². The van der Waals surface area contributed by atoms with Gasteiger partial charge in [-0.1, -0.05) is 16.2 Å². The molecule has 44 valence electrons. The molecule has 0 fully saturated rings. The maximum atomic E-state index is 4.10. The standard InChI is InChI=1S/C6H6N3/c1-2-4-9-6(3-1)7-5-8-9/h1-4H,5H2/q+1. The smallest absolute Gasteiger partial charge is 0.103 e. The number of hydrogen-bond donors (Lipinski definition) is 0. The highest BCUT2D eigenvalue weighted by Crippen LogP contribution is 1.75. The minimum Gasteiger partial charge on any atom is -0.103 e. The van der Waals surface area contributed by atoms with Crippen molar-refractivity contribution in [3.63, 3.8) is 0 Å². The average molecular weight is 120 g/mol. The van der Waals surface area contributed by atoms with Crippen LogP contribution in [-0.2, 0) is 0 Å². The van der Waals surface area contributed by atoms with Gasteiger partial charge in [0.1, 0.15) is 6.20 Å². The molecule has 0 aliphatic carbocycles. The first-order valence-corrected chi connectivity index (χ1v) is 2.83. The third kappa shape index (κ3) is 0.614. The lowest BCUT2D eigenvalue weighted by atomic mass is 10.5. The Kier molecular flexibility index (Phi) is 0.828. The van der Waals surface area contributed by atoms with Crippen LogP contribution in [0.2, 0.25) is 0 Å². The Bertz CT molecular complexity index is 295. The van der Waals surface area contributed by atoms with Gasteiger partial charge < -0.3 is 0 Å². The van der Waals surface area contributed by atoms with Crippen LogP contribution in [0.3, 0.4) is 0 Å². The fourth-order valence-corrected chi connectivity index (χ4v) is 0.843. The van der Waals surface area contributed by atoms with E-state index in [-0.39, 0.29) is 0 Å². The summed E-state index contributed by atoms with van der Waals surface area (Å²) >= 11 is 0. The summed E-state index contributed by atoms with van der Waals surface area (Å²) in [5.74, 6) is 0. The second-order valence-electron chi connectivity index (χ2n) is 1.84. The van der Waals surface area contributed by atoms with Gasteiger partial charge >= 0.3 is 5.49 Å². The van der Waals surface area contributed by atoms with E-state index < -0.39 is 0 Å². The van der Waals surface area contributed by atoms with Crippen LogP contribution in [0.25, 0.3) is 0 Å². The normalized spacial score (nSPS) is 13.8. The third-order valence-corrected chi connectivity index (χ3v) is 1.27. The number of rotatable bonds is 0. The highest BCUT2D eigenvalue weighted by molar-refractivity contribution is 4.84. The fraction of sp³-hybridized carbons (Fsp3) is 0.167. The Morgan fingerprint density at radius 2 is 2.44 bits per heavy atom. The van der Waals surface area contributed by atoms with Crippen LogP contribution >= 0.6 is 0 Å². The molecule has 0 atom stereocenters. The van der Waals surface area contributed by atoms with Crippen molar-refractivity contribution in [3.05, 3.63) is 29.9 Å². The maximum Gasteiger partial charge on any atom is 0.344 e. The molecule has 0 unspecified atom stereocenters. The number of nitrogens with zero attached hydrogens (tertiary/aromatic N) is 3. The molecule has 1 aliphatic heterocycles. The number of pyridine rings is 1. The first-order valence-electron chi connectivity index (χ1n) is 2.83. The highest BCUT2D eigenvalue weighted by Gasteiger charge is 2.00. The zero-order valence-electron chi connectivity index (χ0n) is 4.86. The lowest BCUT2D eigenvalue weighted by Crippen LogP contribution is -2.32. The second-order valence-corrected chi connectivity index (χ2v) is 1.84. The van der Waals surface area contributed by atoms with Crippen LogP contribution in [0, 0.1) is 0 Å². The topological polar surface area (TPSA) is 30.6 Å². The van der Waals surface area contributed by atoms with Gasteiger partial charge in [0.2, 0.25) is 0 Å². The minimum atomic E-state index is 0.573. The quantitative estimate of drug-likeness (QED) is 0.417. The Balaban J connectivity index is 2.97. The predicted molar refractivity (Wildman–Crippen MR) is 30.5 cm³/mol. The fourth-order valence-electron chi connectivity index (χ4n) is 0.843. The Labute approximate surface area is 52.0 Å². The molecule has 0 amide bonds. The van der Waals surface area contributed by atoms with Crippen molar-refractivity contribution in [2.75, 3.05) is 6.67 Å². The number of aromatic nitrogens is 1. The van der Waals surface area contributed by atoms with Crippen molar-refractivity contribution in [3.8, 4) is 0 Å². The Morgan fingerprint density at radius 3 is 3.33 bits per heavy atom. The second kappa shape index (κ2) is 1.62. The summed E-state index contributed by atoms with van der Waals surface area (Å²) < 4.78 is 1.78. The molecule has 2 rings (SSSR count). The van der Waals surface area contributed by atoms with E-state index in [0.29, 0.717) is 6.67 Å². The molecule has 3 nitrogen and oxygen atoms in total. The third-order valence-electron chi connectivity index (χ3n) is 1.27. The molecule has 0 N–H and O–H groups in total.